The molecule has 0 atom stereocenters. The molecular weight excluding hydrogens is 1030 g/mol. The Morgan fingerprint density at radius 1 is 0.254 bits per heavy atom. The molecule has 0 amide bonds. The molecule has 422 valence electrons. The van der Waals surface area contributed by atoms with Crippen molar-refractivity contribution in [1.82, 2.24) is 0 Å². The molecule has 0 unspecified atom stereocenters. The molecule has 4 aliphatic carbocycles. The molecule has 0 spiro atoms. The van der Waals surface area contributed by atoms with Gasteiger partial charge in [0.1, 0.15) is 0 Å². The molecule has 0 aromatic heterocycles. The van der Waals surface area contributed by atoms with Gasteiger partial charge in [0, 0.05) is 11.8 Å². The van der Waals surface area contributed by atoms with Crippen LogP contribution in [0.4, 0.5) is 114 Å². The Kier molecular flexibility index (Phi) is 20.0. The Bertz CT molecular complexity index is 1620. The van der Waals surface area contributed by atoms with Gasteiger partial charge in [-0.15, -0.1) is 0 Å². The summed E-state index contributed by atoms with van der Waals surface area (Å²) in [6.07, 6.45) is -3.81. The molecule has 26 heteroatoms. The SMILES string of the molecule is CCCCC[C@H]1CC[C@H](C2CCC(C(F)(F)C(F)(F)C(F)(F)C(F)(F)C(F)(F)C(F)(F)F)CC2)CC1.CCCC[C@H]1CC[C@H](C2CCC(C(F)(F)C(F)(F)C(F)(F)C(F)(F)C(F)(F)C(F)(F)F)CC2)CC1. The molecule has 4 fully saturated rings. The largest absolute Gasteiger partial charge is 0.460 e. The molecule has 0 aliphatic heterocycles. The predicted octanol–water partition coefficient (Wildman–Crippen LogP) is 19.4. The summed E-state index contributed by atoms with van der Waals surface area (Å²) in [5.41, 5.74) is 0. The number of hydrogen-bond donors (Lipinski definition) is 0. The number of alkyl halides is 26. The average molecular weight is 1090 g/mol. The number of rotatable bonds is 19. The van der Waals surface area contributed by atoms with Crippen molar-refractivity contribution < 1.29 is 114 Å². The van der Waals surface area contributed by atoms with Crippen molar-refractivity contribution in [2.75, 3.05) is 0 Å². The lowest BCUT2D eigenvalue weighted by Gasteiger charge is -2.44. The first kappa shape index (κ1) is 63.5. The second-order valence-corrected chi connectivity index (χ2v) is 20.3. The fourth-order valence-electron chi connectivity index (χ4n) is 11.1. The van der Waals surface area contributed by atoms with Gasteiger partial charge in [0.2, 0.25) is 0 Å². The molecule has 0 aromatic carbocycles. The van der Waals surface area contributed by atoms with E-state index in [0.717, 1.165) is 96.3 Å². The minimum Gasteiger partial charge on any atom is -0.199 e. The van der Waals surface area contributed by atoms with Crippen LogP contribution in [0.3, 0.4) is 0 Å². The number of unbranched alkanes of at least 4 members (excludes halogenated alkanes) is 3. The first-order chi connectivity index (χ1) is 32.0. The number of hydrogen-bond acceptors (Lipinski definition) is 0. The molecule has 4 aliphatic rings. The number of halogens is 26. The summed E-state index contributed by atoms with van der Waals surface area (Å²) in [7, 11) is 0. The van der Waals surface area contributed by atoms with E-state index in [-0.39, 0.29) is 49.4 Å². The second kappa shape index (κ2) is 22.4. The zero-order valence-electron chi connectivity index (χ0n) is 38.7. The van der Waals surface area contributed by atoms with Crippen molar-refractivity contribution in [2.45, 2.75) is 233 Å². The van der Waals surface area contributed by atoms with Crippen molar-refractivity contribution in [3.05, 3.63) is 0 Å². The van der Waals surface area contributed by atoms with Gasteiger partial charge in [0.05, 0.1) is 0 Å². The van der Waals surface area contributed by atoms with Gasteiger partial charge in [0.25, 0.3) is 0 Å². The Balaban J connectivity index is 0.000000375. The molecule has 4 saturated carbocycles. The van der Waals surface area contributed by atoms with Crippen molar-refractivity contribution in [1.29, 1.82) is 0 Å². The van der Waals surface area contributed by atoms with Crippen LogP contribution in [-0.4, -0.2) is 71.6 Å². The van der Waals surface area contributed by atoms with Gasteiger partial charge in [-0.05, 0) is 113 Å². The monoisotopic (exact) mass is 1090 g/mol. The Hall–Kier alpha value is -1.82. The maximum absolute atomic E-state index is 14.5. The van der Waals surface area contributed by atoms with Gasteiger partial charge in [-0.25, -0.2) is 0 Å². The third-order valence-electron chi connectivity index (χ3n) is 15.8. The zero-order chi connectivity index (χ0) is 54.9. The lowest BCUT2D eigenvalue weighted by Crippen LogP contribution is -2.71. The molecular formula is C45H60F26. The molecule has 0 nitrogen and oxygen atoms in total. The van der Waals surface area contributed by atoms with Crippen molar-refractivity contribution >= 4 is 0 Å². The molecule has 0 aromatic rings. The lowest BCUT2D eigenvalue weighted by atomic mass is 9.67. The summed E-state index contributed by atoms with van der Waals surface area (Å²) in [6, 6.07) is 0. The van der Waals surface area contributed by atoms with Crippen molar-refractivity contribution in [3.63, 3.8) is 0 Å². The maximum Gasteiger partial charge on any atom is 0.460 e. The van der Waals surface area contributed by atoms with Crippen molar-refractivity contribution in [3.8, 4) is 0 Å². The van der Waals surface area contributed by atoms with E-state index in [1.807, 2.05) is 0 Å². The molecule has 4 rings (SSSR count). The quantitative estimate of drug-likeness (QED) is 0.0893. The third kappa shape index (κ3) is 12.1. The Morgan fingerprint density at radius 2 is 0.479 bits per heavy atom. The van der Waals surface area contributed by atoms with E-state index in [2.05, 4.69) is 13.8 Å². The highest BCUT2D eigenvalue weighted by atomic mass is 19.4. The van der Waals surface area contributed by atoms with Gasteiger partial charge >= 0.3 is 71.6 Å². The van der Waals surface area contributed by atoms with E-state index >= 15 is 0 Å². The van der Waals surface area contributed by atoms with Crippen LogP contribution in [0.15, 0.2) is 0 Å². The summed E-state index contributed by atoms with van der Waals surface area (Å²) in [5.74, 6) is -76.7. The molecule has 0 radical (unpaired) electrons. The van der Waals surface area contributed by atoms with Crippen LogP contribution in [0, 0.1) is 47.3 Å². The van der Waals surface area contributed by atoms with Crippen LogP contribution in [0.5, 0.6) is 0 Å². The summed E-state index contributed by atoms with van der Waals surface area (Å²) < 4.78 is 349. The Labute approximate surface area is 394 Å². The summed E-state index contributed by atoms with van der Waals surface area (Å²) >= 11 is 0. The highest BCUT2D eigenvalue weighted by Crippen LogP contribution is 2.65. The highest BCUT2D eigenvalue weighted by Gasteiger charge is 2.92. The third-order valence-corrected chi connectivity index (χ3v) is 15.8. The second-order valence-electron chi connectivity index (χ2n) is 20.3. The first-order valence-electron chi connectivity index (χ1n) is 23.9. The van der Waals surface area contributed by atoms with Gasteiger partial charge < -0.3 is 0 Å². The summed E-state index contributed by atoms with van der Waals surface area (Å²) in [6.45, 7) is 4.14. The van der Waals surface area contributed by atoms with Crippen LogP contribution >= 0.6 is 0 Å². The van der Waals surface area contributed by atoms with Crippen LogP contribution in [0.25, 0.3) is 0 Å². The van der Waals surface area contributed by atoms with Crippen LogP contribution in [-0.2, 0) is 0 Å². The van der Waals surface area contributed by atoms with E-state index in [1.54, 1.807) is 0 Å². The van der Waals surface area contributed by atoms with Crippen molar-refractivity contribution in [2.24, 2.45) is 47.3 Å². The Morgan fingerprint density at radius 3 is 0.718 bits per heavy atom. The zero-order valence-corrected chi connectivity index (χ0v) is 38.7. The van der Waals surface area contributed by atoms with E-state index in [1.165, 1.54) is 0 Å². The summed E-state index contributed by atoms with van der Waals surface area (Å²) in [5, 5.41) is 0. The predicted molar refractivity (Wildman–Crippen MR) is 207 cm³/mol. The minimum absolute atomic E-state index is 0.0812. The topological polar surface area (TPSA) is 0 Å². The fourth-order valence-corrected chi connectivity index (χ4v) is 11.1. The van der Waals surface area contributed by atoms with Crippen LogP contribution in [0.1, 0.15) is 162 Å². The first-order valence-corrected chi connectivity index (χ1v) is 23.9. The van der Waals surface area contributed by atoms with Crippen LogP contribution in [0.2, 0.25) is 0 Å². The molecule has 71 heavy (non-hydrogen) atoms. The lowest BCUT2D eigenvalue weighted by molar-refractivity contribution is -0.443. The van der Waals surface area contributed by atoms with Gasteiger partial charge in [-0.1, -0.05) is 84.5 Å². The van der Waals surface area contributed by atoms with E-state index in [4.69, 9.17) is 0 Å². The average Bonchev–Trinajstić information content (AvgIpc) is 3.27. The molecule has 0 bridgehead atoms. The van der Waals surface area contributed by atoms with Gasteiger partial charge in [-0.2, -0.15) is 114 Å². The molecule has 0 N–H and O–H groups in total. The normalized spacial score (nSPS) is 28.1. The smallest absolute Gasteiger partial charge is 0.199 e. The van der Waals surface area contributed by atoms with E-state index in [0.29, 0.717) is 11.8 Å². The van der Waals surface area contributed by atoms with Crippen LogP contribution < -0.4 is 0 Å². The fraction of sp³-hybridized carbons (Fsp3) is 1.00. The van der Waals surface area contributed by atoms with Gasteiger partial charge in [0.15, 0.2) is 0 Å². The molecule has 0 heterocycles. The minimum atomic E-state index is -7.82. The van der Waals surface area contributed by atoms with E-state index < -0.39 is 109 Å². The van der Waals surface area contributed by atoms with E-state index in [9.17, 15) is 114 Å². The standard InChI is InChI=1S/C23H31F13.C22H29F13/c1-2-3-4-5-14-6-8-15(9-7-14)16-10-12-17(13-11-16)18(24,25)19(26,27)20(28,29)21(30,31)22(32,33)23(34,35)36;1-2-3-4-13-5-7-14(8-6-13)15-9-11-16(12-10-15)17(23,24)18(25,26)19(27,28)20(29,30)21(31,32)22(33,34)35/h14-17H,2-13H2,1H3;13-16H,2-12H2,1H3/t14-,15-,16?,17?;13-,14-,15?,16?. The summed E-state index contributed by atoms with van der Waals surface area (Å²) in [4.78, 5) is 0. The van der Waals surface area contributed by atoms with Gasteiger partial charge in [-0.3, -0.25) is 0 Å². The maximum atomic E-state index is 14.5. The molecule has 0 saturated heterocycles. The highest BCUT2D eigenvalue weighted by molar-refractivity contribution is 5.13.